The van der Waals surface area contributed by atoms with Gasteiger partial charge in [-0.1, -0.05) is 16.8 Å². The molecule has 1 aromatic carbocycles. The van der Waals surface area contributed by atoms with E-state index in [4.69, 9.17) is 16.1 Å². The van der Waals surface area contributed by atoms with Crippen molar-refractivity contribution in [3.05, 3.63) is 35.2 Å². The van der Waals surface area contributed by atoms with Crippen LogP contribution in [0.2, 0.25) is 5.02 Å². The van der Waals surface area contributed by atoms with E-state index in [-0.39, 0.29) is 0 Å². The zero-order valence-electron chi connectivity index (χ0n) is 11.2. The first kappa shape index (κ1) is 13.5. The van der Waals surface area contributed by atoms with E-state index in [1.165, 1.54) is 0 Å². The summed E-state index contributed by atoms with van der Waals surface area (Å²) in [6.07, 6.45) is 0.769. The predicted octanol–water partition coefficient (Wildman–Crippen LogP) is 2.35. The third-order valence-corrected chi connectivity index (χ3v) is 3.71. The molecule has 1 aliphatic heterocycles. The molecule has 5 nitrogen and oxygen atoms in total. The molecule has 2 aromatic rings. The normalized spacial score (nSPS) is 23.4. The van der Waals surface area contributed by atoms with Crippen molar-refractivity contribution in [3.63, 3.8) is 0 Å². The van der Waals surface area contributed by atoms with Gasteiger partial charge in [0, 0.05) is 23.7 Å². The van der Waals surface area contributed by atoms with E-state index in [1.807, 2.05) is 19.1 Å². The molecule has 0 amide bonds. The second kappa shape index (κ2) is 5.16. The Balaban J connectivity index is 1.70. The van der Waals surface area contributed by atoms with Crippen molar-refractivity contribution < 1.29 is 9.63 Å². The number of aromatic nitrogens is 2. The molecule has 3 rings (SSSR count). The lowest BCUT2D eigenvalue weighted by Crippen LogP contribution is -2.29. The van der Waals surface area contributed by atoms with Crippen LogP contribution < -0.4 is 0 Å². The molecular weight excluding hydrogens is 278 g/mol. The number of β-amino-alcohol motifs (C(OH)–C–C–N with tert-alkyl or cyclic N) is 1. The van der Waals surface area contributed by atoms with E-state index in [0.717, 1.165) is 18.5 Å². The van der Waals surface area contributed by atoms with Crippen LogP contribution in [0.15, 0.2) is 28.8 Å². The topological polar surface area (TPSA) is 62.4 Å². The predicted molar refractivity (Wildman–Crippen MR) is 75.3 cm³/mol. The average molecular weight is 294 g/mol. The van der Waals surface area contributed by atoms with Gasteiger partial charge in [0.25, 0.3) is 0 Å². The van der Waals surface area contributed by atoms with E-state index >= 15 is 0 Å². The monoisotopic (exact) mass is 293 g/mol. The molecule has 0 aliphatic carbocycles. The largest absolute Gasteiger partial charge is 0.389 e. The van der Waals surface area contributed by atoms with Crippen molar-refractivity contribution in [2.45, 2.75) is 25.5 Å². The first-order valence-electron chi connectivity index (χ1n) is 6.55. The molecule has 1 atom stereocenters. The Hall–Kier alpha value is -1.43. The fourth-order valence-electron chi connectivity index (χ4n) is 2.40. The molecule has 6 heteroatoms. The van der Waals surface area contributed by atoms with E-state index in [2.05, 4.69) is 15.0 Å². The molecule has 1 fully saturated rings. The maximum atomic E-state index is 9.93. The highest BCUT2D eigenvalue weighted by atomic mass is 35.5. The Bertz CT molecular complexity index is 595. The van der Waals surface area contributed by atoms with Crippen LogP contribution in [0.1, 0.15) is 19.2 Å². The summed E-state index contributed by atoms with van der Waals surface area (Å²) >= 11 is 5.85. The summed E-state index contributed by atoms with van der Waals surface area (Å²) in [7, 11) is 0. The minimum absolute atomic E-state index is 0.558. The van der Waals surface area contributed by atoms with Crippen LogP contribution in [-0.2, 0) is 6.54 Å². The van der Waals surface area contributed by atoms with Crippen LogP contribution in [0, 0.1) is 0 Å². The molecule has 0 saturated carbocycles. The van der Waals surface area contributed by atoms with Crippen LogP contribution in [0.5, 0.6) is 0 Å². The van der Waals surface area contributed by atoms with Crippen molar-refractivity contribution in [2.24, 2.45) is 0 Å². The Kier molecular flexibility index (Phi) is 3.50. The van der Waals surface area contributed by atoms with Crippen LogP contribution in [0.4, 0.5) is 0 Å². The summed E-state index contributed by atoms with van der Waals surface area (Å²) < 4.78 is 5.26. The summed E-state index contributed by atoms with van der Waals surface area (Å²) in [5, 5.41) is 14.6. The molecule has 0 unspecified atom stereocenters. The van der Waals surface area contributed by atoms with Crippen molar-refractivity contribution in [1.29, 1.82) is 0 Å². The van der Waals surface area contributed by atoms with Gasteiger partial charge in [0.05, 0.1) is 12.1 Å². The first-order valence-corrected chi connectivity index (χ1v) is 6.93. The number of halogens is 1. The van der Waals surface area contributed by atoms with Gasteiger partial charge in [0.2, 0.25) is 11.7 Å². The summed E-state index contributed by atoms with van der Waals surface area (Å²) in [6, 6.07) is 7.31. The maximum absolute atomic E-state index is 9.93. The fraction of sp³-hybridized carbons (Fsp3) is 0.429. The van der Waals surface area contributed by atoms with Gasteiger partial charge < -0.3 is 9.63 Å². The third-order valence-electron chi connectivity index (χ3n) is 3.46. The minimum atomic E-state index is -0.612. The van der Waals surface area contributed by atoms with Crippen LogP contribution >= 0.6 is 11.6 Å². The van der Waals surface area contributed by atoms with Gasteiger partial charge in [0.1, 0.15) is 0 Å². The molecule has 1 saturated heterocycles. The zero-order valence-corrected chi connectivity index (χ0v) is 12.0. The van der Waals surface area contributed by atoms with Gasteiger partial charge in [-0.05, 0) is 37.6 Å². The Labute approximate surface area is 122 Å². The molecule has 1 aliphatic rings. The lowest BCUT2D eigenvalue weighted by molar-refractivity contribution is 0.0665. The highest BCUT2D eigenvalue weighted by Crippen LogP contribution is 2.23. The quantitative estimate of drug-likeness (QED) is 0.941. The smallest absolute Gasteiger partial charge is 0.241 e. The van der Waals surface area contributed by atoms with Crippen molar-refractivity contribution in [3.8, 4) is 11.4 Å². The molecule has 0 bridgehead atoms. The number of aliphatic hydroxyl groups is 1. The highest BCUT2D eigenvalue weighted by Gasteiger charge is 2.32. The van der Waals surface area contributed by atoms with Gasteiger partial charge >= 0.3 is 0 Å². The van der Waals surface area contributed by atoms with Gasteiger partial charge in [0.15, 0.2) is 0 Å². The number of hydrogen-bond donors (Lipinski definition) is 1. The van der Waals surface area contributed by atoms with Crippen molar-refractivity contribution in [1.82, 2.24) is 15.0 Å². The SMILES string of the molecule is C[C@@]1(O)CCN(Cc2nc(-c3ccc(Cl)cc3)no2)C1. The molecule has 0 radical (unpaired) electrons. The third kappa shape index (κ3) is 3.00. The second-order valence-electron chi connectivity index (χ2n) is 5.48. The lowest BCUT2D eigenvalue weighted by Gasteiger charge is -2.16. The van der Waals surface area contributed by atoms with E-state index in [1.54, 1.807) is 12.1 Å². The van der Waals surface area contributed by atoms with Gasteiger partial charge in [-0.15, -0.1) is 0 Å². The first-order chi connectivity index (χ1) is 9.52. The van der Waals surface area contributed by atoms with Gasteiger partial charge in [-0.3, -0.25) is 4.90 Å². The summed E-state index contributed by atoms with van der Waals surface area (Å²) in [5.74, 6) is 1.12. The molecule has 106 valence electrons. The molecule has 20 heavy (non-hydrogen) atoms. The second-order valence-corrected chi connectivity index (χ2v) is 5.91. The maximum Gasteiger partial charge on any atom is 0.241 e. The number of benzene rings is 1. The zero-order chi connectivity index (χ0) is 14.2. The molecular formula is C14H16ClN3O2. The molecule has 1 aromatic heterocycles. The average Bonchev–Trinajstić information content (AvgIpc) is 2.98. The molecule has 1 N–H and O–H groups in total. The van der Waals surface area contributed by atoms with Crippen LogP contribution in [0.25, 0.3) is 11.4 Å². The van der Waals surface area contributed by atoms with Crippen molar-refractivity contribution >= 4 is 11.6 Å². The summed E-state index contributed by atoms with van der Waals surface area (Å²) in [4.78, 5) is 6.49. The number of likely N-dealkylation sites (tertiary alicyclic amines) is 1. The lowest BCUT2D eigenvalue weighted by atomic mass is 10.1. The number of nitrogens with zero attached hydrogens (tertiary/aromatic N) is 3. The Morgan fingerprint density at radius 1 is 1.40 bits per heavy atom. The van der Waals surface area contributed by atoms with E-state index in [9.17, 15) is 5.11 Å². The standard InChI is InChI=1S/C14H16ClN3O2/c1-14(19)6-7-18(9-14)8-12-16-13(17-20-12)10-2-4-11(15)5-3-10/h2-5,19H,6-9H2,1H3/t14-/m1/s1. The van der Waals surface area contributed by atoms with E-state index in [0.29, 0.717) is 29.8 Å². The fourth-order valence-corrected chi connectivity index (χ4v) is 2.53. The van der Waals surface area contributed by atoms with Gasteiger partial charge in [-0.2, -0.15) is 4.98 Å². The number of rotatable bonds is 3. The van der Waals surface area contributed by atoms with Crippen LogP contribution in [0.3, 0.4) is 0 Å². The highest BCUT2D eigenvalue weighted by molar-refractivity contribution is 6.30. The Morgan fingerprint density at radius 2 is 2.15 bits per heavy atom. The van der Waals surface area contributed by atoms with E-state index < -0.39 is 5.60 Å². The van der Waals surface area contributed by atoms with Gasteiger partial charge in [-0.25, -0.2) is 0 Å². The van der Waals surface area contributed by atoms with Crippen molar-refractivity contribution in [2.75, 3.05) is 13.1 Å². The molecule has 2 heterocycles. The summed E-state index contributed by atoms with van der Waals surface area (Å²) in [6.45, 7) is 3.88. The Morgan fingerprint density at radius 3 is 2.80 bits per heavy atom. The summed E-state index contributed by atoms with van der Waals surface area (Å²) in [5.41, 5.74) is 0.261. The molecule has 0 spiro atoms. The van der Waals surface area contributed by atoms with Crippen LogP contribution in [-0.4, -0.2) is 38.8 Å². The minimum Gasteiger partial charge on any atom is -0.389 e. The number of hydrogen-bond acceptors (Lipinski definition) is 5.